The first-order valence-electron chi connectivity index (χ1n) is 11.1. The normalized spacial score (nSPS) is 15.3. The van der Waals surface area contributed by atoms with Gasteiger partial charge in [-0.05, 0) is 32.8 Å². The van der Waals surface area contributed by atoms with Crippen molar-refractivity contribution in [3.05, 3.63) is 31.3 Å². The Bertz CT molecular complexity index is 1170. The molecule has 3 rings (SSSR count). The zero-order chi connectivity index (χ0) is 24.5. The topological polar surface area (TPSA) is 90.6 Å². The Labute approximate surface area is 193 Å². The zero-order valence-electron chi connectivity index (χ0n) is 19.3. The number of carbonyl (C=O) groups excluding carboxylic acids is 2. The number of amides is 1. The number of alkyl halides is 2. The van der Waals surface area contributed by atoms with Crippen molar-refractivity contribution in [1.82, 2.24) is 14.0 Å². The van der Waals surface area contributed by atoms with E-state index in [9.17, 15) is 28.0 Å². The standard InChI is InChI=1S/C22H29F2N3O5S/c1-5-26-18(29)16-13(2)17(19(30)25-11-7-15(8-12-25)32-14(3)28)33-20(16)27(21(26)31)10-6-9-22(4,23)24/h15H,5-12H2,1-4H3. The highest BCUT2D eigenvalue weighted by Gasteiger charge is 2.29. The van der Waals surface area contributed by atoms with Crippen LogP contribution in [0.15, 0.2) is 9.59 Å². The van der Waals surface area contributed by atoms with Crippen LogP contribution < -0.4 is 11.2 Å². The maximum absolute atomic E-state index is 13.3. The highest BCUT2D eigenvalue weighted by atomic mass is 32.1. The molecule has 1 saturated heterocycles. The van der Waals surface area contributed by atoms with Crippen molar-refractivity contribution < 1.29 is 23.1 Å². The monoisotopic (exact) mass is 485 g/mol. The highest BCUT2D eigenvalue weighted by Crippen LogP contribution is 2.30. The maximum Gasteiger partial charge on any atom is 0.332 e. The van der Waals surface area contributed by atoms with Gasteiger partial charge >= 0.3 is 11.7 Å². The number of aromatic nitrogens is 2. The summed E-state index contributed by atoms with van der Waals surface area (Å²) in [4.78, 5) is 52.7. The molecule has 2 aromatic rings. The van der Waals surface area contributed by atoms with Crippen LogP contribution in [-0.2, 0) is 22.6 Å². The molecule has 0 spiro atoms. The van der Waals surface area contributed by atoms with E-state index in [-0.39, 0.29) is 49.3 Å². The Hall–Kier alpha value is -2.56. The van der Waals surface area contributed by atoms with Crippen molar-refractivity contribution in [1.29, 1.82) is 0 Å². The molecule has 8 nitrogen and oxygen atoms in total. The minimum absolute atomic E-state index is 0.0282. The van der Waals surface area contributed by atoms with E-state index in [1.165, 1.54) is 11.5 Å². The second-order valence-electron chi connectivity index (χ2n) is 8.49. The summed E-state index contributed by atoms with van der Waals surface area (Å²) in [6.45, 7) is 6.50. The lowest BCUT2D eigenvalue weighted by molar-refractivity contribution is -0.148. The lowest BCUT2D eigenvalue weighted by atomic mass is 10.1. The van der Waals surface area contributed by atoms with Gasteiger partial charge < -0.3 is 9.64 Å². The number of thiophene rings is 1. The molecular weight excluding hydrogens is 456 g/mol. The summed E-state index contributed by atoms with van der Waals surface area (Å²) in [5.74, 6) is -3.46. The minimum atomic E-state index is -2.85. The van der Waals surface area contributed by atoms with E-state index in [1.54, 1.807) is 18.7 Å². The van der Waals surface area contributed by atoms with Crippen molar-refractivity contribution in [2.45, 2.75) is 78.5 Å². The molecule has 0 radical (unpaired) electrons. The van der Waals surface area contributed by atoms with Gasteiger partial charge in [0.15, 0.2) is 0 Å². The van der Waals surface area contributed by atoms with Crippen LogP contribution in [0, 0.1) is 6.92 Å². The second-order valence-corrected chi connectivity index (χ2v) is 9.49. The first-order valence-corrected chi connectivity index (χ1v) is 11.9. The Morgan fingerprint density at radius 3 is 2.36 bits per heavy atom. The first-order chi connectivity index (χ1) is 15.4. The molecular formula is C22H29F2N3O5S. The number of hydrogen-bond donors (Lipinski definition) is 0. The smallest absolute Gasteiger partial charge is 0.332 e. The molecule has 0 N–H and O–H groups in total. The molecule has 0 bridgehead atoms. The van der Waals surface area contributed by atoms with Gasteiger partial charge in [-0.1, -0.05) is 0 Å². The fourth-order valence-corrected chi connectivity index (χ4v) is 5.46. The Balaban J connectivity index is 1.97. The van der Waals surface area contributed by atoms with Gasteiger partial charge in [0.2, 0.25) is 5.92 Å². The van der Waals surface area contributed by atoms with Crippen molar-refractivity contribution in [3.63, 3.8) is 0 Å². The van der Waals surface area contributed by atoms with Crippen molar-refractivity contribution in [2.24, 2.45) is 0 Å². The Morgan fingerprint density at radius 2 is 1.82 bits per heavy atom. The number of fused-ring (bicyclic) bond motifs is 1. The summed E-state index contributed by atoms with van der Waals surface area (Å²) < 4.78 is 34.3. The lowest BCUT2D eigenvalue weighted by Crippen LogP contribution is -2.41. The van der Waals surface area contributed by atoms with Crippen LogP contribution >= 0.6 is 11.3 Å². The first kappa shape index (κ1) is 25.1. The molecule has 0 saturated carbocycles. The molecule has 33 heavy (non-hydrogen) atoms. The summed E-state index contributed by atoms with van der Waals surface area (Å²) in [5, 5.41) is 0.280. The summed E-state index contributed by atoms with van der Waals surface area (Å²) in [7, 11) is 0. The van der Waals surface area contributed by atoms with E-state index < -0.39 is 17.2 Å². The molecule has 3 heterocycles. The van der Waals surface area contributed by atoms with Gasteiger partial charge in [-0.2, -0.15) is 0 Å². The quantitative estimate of drug-likeness (QED) is 0.562. The third-order valence-corrected chi connectivity index (χ3v) is 7.17. The molecule has 182 valence electrons. The van der Waals surface area contributed by atoms with E-state index >= 15 is 0 Å². The minimum Gasteiger partial charge on any atom is -0.462 e. The van der Waals surface area contributed by atoms with Gasteiger partial charge in [-0.3, -0.25) is 23.5 Å². The number of rotatable bonds is 7. The molecule has 0 unspecified atom stereocenters. The van der Waals surface area contributed by atoms with Gasteiger partial charge in [0.25, 0.3) is 11.5 Å². The number of hydrogen-bond acceptors (Lipinski definition) is 6. The van der Waals surface area contributed by atoms with Gasteiger partial charge in [0, 0.05) is 52.4 Å². The number of piperidine rings is 1. The third-order valence-electron chi connectivity index (χ3n) is 5.86. The summed E-state index contributed by atoms with van der Waals surface area (Å²) >= 11 is 1.05. The molecule has 1 fully saturated rings. The largest absolute Gasteiger partial charge is 0.462 e. The van der Waals surface area contributed by atoms with Gasteiger partial charge in [0.1, 0.15) is 10.9 Å². The number of esters is 1. The molecule has 0 aromatic carbocycles. The average molecular weight is 486 g/mol. The van der Waals surface area contributed by atoms with Gasteiger partial charge in [0.05, 0.1) is 10.3 Å². The number of halogens is 2. The van der Waals surface area contributed by atoms with E-state index in [1.807, 2.05) is 0 Å². The van der Waals surface area contributed by atoms with Crippen LogP contribution in [0.2, 0.25) is 0 Å². The van der Waals surface area contributed by atoms with Crippen LogP contribution in [0.3, 0.4) is 0 Å². The van der Waals surface area contributed by atoms with Crippen molar-refractivity contribution >= 4 is 33.4 Å². The fourth-order valence-electron chi connectivity index (χ4n) is 4.18. The van der Waals surface area contributed by atoms with Gasteiger partial charge in [-0.15, -0.1) is 11.3 Å². The molecule has 1 aliphatic rings. The predicted octanol–water partition coefficient (Wildman–Crippen LogP) is 3.16. The number of nitrogens with zero attached hydrogens (tertiary/aromatic N) is 3. The molecule has 1 aliphatic heterocycles. The summed E-state index contributed by atoms with van der Waals surface area (Å²) in [5.41, 5.74) is -0.545. The Morgan fingerprint density at radius 1 is 1.18 bits per heavy atom. The van der Waals surface area contributed by atoms with E-state index in [4.69, 9.17) is 4.74 Å². The van der Waals surface area contributed by atoms with Gasteiger partial charge in [-0.25, -0.2) is 13.6 Å². The van der Waals surface area contributed by atoms with E-state index in [0.717, 1.165) is 22.8 Å². The molecule has 11 heteroatoms. The van der Waals surface area contributed by atoms with Crippen molar-refractivity contribution in [2.75, 3.05) is 13.1 Å². The number of aryl methyl sites for hydroxylation is 2. The summed E-state index contributed by atoms with van der Waals surface area (Å²) in [6, 6.07) is 0. The second kappa shape index (κ2) is 9.74. The number of likely N-dealkylation sites (tertiary alicyclic amines) is 1. The Kier molecular flexibility index (Phi) is 7.40. The average Bonchev–Trinajstić information content (AvgIpc) is 3.07. The predicted molar refractivity (Wildman–Crippen MR) is 121 cm³/mol. The zero-order valence-corrected chi connectivity index (χ0v) is 20.1. The maximum atomic E-state index is 13.3. The number of ether oxygens (including phenoxy) is 1. The van der Waals surface area contributed by atoms with Crippen LogP contribution in [0.1, 0.15) is 61.7 Å². The van der Waals surface area contributed by atoms with Crippen LogP contribution in [0.5, 0.6) is 0 Å². The third kappa shape index (κ3) is 5.34. The SMILES string of the molecule is CCn1c(=O)c2c(C)c(C(=O)N3CCC(OC(C)=O)CC3)sc2n(CCCC(C)(F)F)c1=O. The molecule has 0 aliphatic carbocycles. The molecule has 1 amide bonds. The summed E-state index contributed by atoms with van der Waals surface area (Å²) in [6.07, 6.45) is 0.486. The fraction of sp³-hybridized carbons (Fsp3) is 0.636. The molecule has 0 atom stereocenters. The van der Waals surface area contributed by atoms with E-state index in [2.05, 4.69) is 0 Å². The van der Waals surface area contributed by atoms with Crippen LogP contribution in [0.4, 0.5) is 8.78 Å². The van der Waals surface area contributed by atoms with Crippen LogP contribution in [-0.4, -0.2) is 51.0 Å². The molecule has 2 aromatic heterocycles. The van der Waals surface area contributed by atoms with E-state index in [0.29, 0.717) is 41.2 Å². The lowest BCUT2D eigenvalue weighted by Gasteiger charge is -2.31. The van der Waals surface area contributed by atoms with Crippen LogP contribution in [0.25, 0.3) is 10.2 Å². The number of carbonyl (C=O) groups is 2. The van der Waals surface area contributed by atoms with Crippen molar-refractivity contribution in [3.8, 4) is 0 Å². The highest BCUT2D eigenvalue weighted by molar-refractivity contribution is 7.20.